The number of phenols is 1. The van der Waals surface area contributed by atoms with Crippen LogP contribution >= 0.6 is 50.5 Å². The molecular formula is C19H23BrCl2N2O5S2. The topological polar surface area (TPSA) is 99.1 Å². The molecule has 172 valence electrons. The van der Waals surface area contributed by atoms with Crippen LogP contribution in [0.5, 0.6) is 11.5 Å². The molecule has 2 aromatic rings. The van der Waals surface area contributed by atoms with Gasteiger partial charge in [-0.2, -0.15) is 4.31 Å². The van der Waals surface area contributed by atoms with E-state index in [4.69, 9.17) is 27.9 Å². The van der Waals surface area contributed by atoms with Gasteiger partial charge < -0.3 is 20.3 Å². The third kappa shape index (κ3) is 6.48. The molecule has 1 saturated heterocycles. The summed E-state index contributed by atoms with van der Waals surface area (Å²) in [5.74, 6) is 1.04. The monoisotopic (exact) mass is 572 g/mol. The molecule has 3 N–H and O–H groups in total. The summed E-state index contributed by atoms with van der Waals surface area (Å²) in [5.41, 5.74) is 0. The van der Waals surface area contributed by atoms with E-state index in [0.29, 0.717) is 59.5 Å². The zero-order valence-electron chi connectivity index (χ0n) is 16.4. The maximum atomic E-state index is 12.9. The van der Waals surface area contributed by atoms with Crippen molar-refractivity contribution in [3.05, 3.63) is 37.4 Å². The third-order valence-electron chi connectivity index (χ3n) is 4.99. The number of sulfonamides is 1. The van der Waals surface area contributed by atoms with Crippen molar-refractivity contribution in [2.75, 3.05) is 32.8 Å². The fourth-order valence-corrected chi connectivity index (χ4v) is 8.24. The van der Waals surface area contributed by atoms with Gasteiger partial charge in [0.2, 0.25) is 10.0 Å². The van der Waals surface area contributed by atoms with Crippen molar-refractivity contribution in [2.45, 2.75) is 23.8 Å². The minimum atomic E-state index is -3.71. The van der Waals surface area contributed by atoms with Crippen molar-refractivity contribution in [2.24, 2.45) is 5.92 Å². The van der Waals surface area contributed by atoms with Crippen molar-refractivity contribution in [1.29, 1.82) is 0 Å². The summed E-state index contributed by atoms with van der Waals surface area (Å²) in [6.07, 6.45) is 0.732. The van der Waals surface area contributed by atoms with E-state index in [-0.39, 0.29) is 21.6 Å². The summed E-state index contributed by atoms with van der Waals surface area (Å²) in [6, 6.07) is 6.30. The number of hydrogen-bond donors (Lipinski definition) is 3. The van der Waals surface area contributed by atoms with Crippen molar-refractivity contribution < 1.29 is 23.4 Å². The number of aliphatic hydroxyl groups is 1. The highest BCUT2D eigenvalue weighted by atomic mass is 79.9. The Morgan fingerprint density at radius 3 is 2.45 bits per heavy atom. The Bertz CT molecular complexity index is 980. The maximum absolute atomic E-state index is 12.9. The van der Waals surface area contributed by atoms with Crippen molar-refractivity contribution in [3.8, 4) is 11.5 Å². The van der Waals surface area contributed by atoms with Gasteiger partial charge in [0.15, 0.2) is 0 Å². The fraction of sp³-hybridized carbons (Fsp3) is 0.474. The molecule has 1 aromatic carbocycles. The summed E-state index contributed by atoms with van der Waals surface area (Å²) in [6.45, 7) is 1.98. The molecule has 1 aliphatic heterocycles. The van der Waals surface area contributed by atoms with E-state index in [1.165, 1.54) is 16.4 Å². The number of aromatic hydroxyl groups is 1. The average Bonchev–Trinajstić information content (AvgIpc) is 3.00. The van der Waals surface area contributed by atoms with E-state index in [1.54, 1.807) is 12.1 Å². The predicted octanol–water partition coefficient (Wildman–Crippen LogP) is 3.95. The summed E-state index contributed by atoms with van der Waals surface area (Å²) in [7, 11) is -3.71. The van der Waals surface area contributed by atoms with Crippen LogP contribution in [0, 0.1) is 5.92 Å². The lowest BCUT2D eigenvalue weighted by Gasteiger charge is -2.31. The van der Waals surface area contributed by atoms with Crippen LogP contribution in [-0.4, -0.2) is 61.8 Å². The van der Waals surface area contributed by atoms with Crippen LogP contribution in [0.15, 0.2) is 33.6 Å². The lowest BCUT2D eigenvalue weighted by atomic mass is 9.98. The normalized spacial score (nSPS) is 17.0. The number of nitrogens with zero attached hydrogens (tertiary/aromatic N) is 1. The molecule has 2 heterocycles. The van der Waals surface area contributed by atoms with Gasteiger partial charge in [-0.1, -0.05) is 23.2 Å². The minimum Gasteiger partial charge on any atom is -0.508 e. The molecule has 1 aromatic heterocycles. The molecule has 1 aliphatic rings. The van der Waals surface area contributed by atoms with E-state index in [0.717, 1.165) is 11.3 Å². The van der Waals surface area contributed by atoms with Crippen LogP contribution in [0.4, 0.5) is 0 Å². The summed E-state index contributed by atoms with van der Waals surface area (Å²) < 4.78 is 33.6. The molecule has 0 saturated carbocycles. The Balaban J connectivity index is 1.40. The highest BCUT2D eigenvalue weighted by Crippen LogP contribution is 2.44. The number of aliphatic hydroxyl groups excluding tert-OH is 1. The molecule has 7 nitrogen and oxygen atoms in total. The van der Waals surface area contributed by atoms with Crippen LogP contribution in [-0.2, 0) is 10.0 Å². The zero-order chi connectivity index (χ0) is 22.6. The van der Waals surface area contributed by atoms with Gasteiger partial charge in [0.05, 0.1) is 4.47 Å². The average molecular weight is 574 g/mol. The molecule has 0 unspecified atom stereocenters. The molecule has 0 aliphatic carbocycles. The number of nitrogens with one attached hydrogen (secondary N) is 1. The number of benzene rings is 1. The predicted molar refractivity (Wildman–Crippen MR) is 126 cm³/mol. The van der Waals surface area contributed by atoms with Gasteiger partial charge in [-0.3, -0.25) is 0 Å². The van der Waals surface area contributed by atoms with Crippen molar-refractivity contribution >= 4 is 60.5 Å². The quantitative estimate of drug-likeness (QED) is 0.420. The van der Waals surface area contributed by atoms with Crippen molar-refractivity contribution in [1.82, 2.24) is 9.62 Å². The van der Waals surface area contributed by atoms with Crippen LogP contribution in [0.25, 0.3) is 0 Å². The first-order chi connectivity index (χ1) is 14.7. The van der Waals surface area contributed by atoms with Crippen LogP contribution < -0.4 is 10.1 Å². The zero-order valence-corrected chi connectivity index (χ0v) is 21.2. The number of ether oxygens (including phenoxy) is 1. The van der Waals surface area contributed by atoms with Gasteiger partial charge in [0.25, 0.3) is 0 Å². The Morgan fingerprint density at radius 1 is 1.23 bits per heavy atom. The lowest BCUT2D eigenvalue weighted by molar-refractivity contribution is 0.104. The Morgan fingerprint density at radius 2 is 1.87 bits per heavy atom. The number of hydrogen-bond acceptors (Lipinski definition) is 7. The molecule has 1 fully saturated rings. The molecule has 0 bridgehead atoms. The second kappa shape index (κ2) is 11.0. The van der Waals surface area contributed by atoms with Gasteiger partial charge >= 0.3 is 0 Å². The Kier molecular flexibility index (Phi) is 8.90. The van der Waals surface area contributed by atoms with E-state index in [9.17, 15) is 18.6 Å². The van der Waals surface area contributed by atoms with Crippen LogP contribution in [0.3, 0.4) is 0 Å². The summed E-state index contributed by atoms with van der Waals surface area (Å²) in [5, 5.41) is 22.6. The fourth-order valence-electron chi connectivity index (χ4n) is 3.29. The van der Waals surface area contributed by atoms with Crippen molar-refractivity contribution in [3.63, 3.8) is 0 Å². The van der Waals surface area contributed by atoms with Crippen LogP contribution in [0.2, 0.25) is 8.67 Å². The molecular weight excluding hydrogens is 551 g/mol. The van der Waals surface area contributed by atoms with E-state index in [1.807, 2.05) is 0 Å². The van der Waals surface area contributed by atoms with E-state index >= 15 is 0 Å². The smallest absolute Gasteiger partial charge is 0.246 e. The molecule has 31 heavy (non-hydrogen) atoms. The molecule has 3 rings (SSSR count). The van der Waals surface area contributed by atoms with E-state index < -0.39 is 16.1 Å². The number of thiophene rings is 1. The second-order valence-corrected chi connectivity index (χ2v) is 12.1. The molecule has 0 radical (unpaired) electrons. The molecule has 1 atom stereocenters. The second-order valence-electron chi connectivity index (χ2n) is 7.26. The van der Waals surface area contributed by atoms with Gasteiger partial charge in [0, 0.05) is 19.6 Å². The summed E-state index contributed by atoms with van der Waals surface area (Å²) in [4.78, 5) is 0.0393. The Labute approximate surface area is 204 Å². The van der Waals surface area contributed by atoms with Gasteiger partial charge in [-0.25, -0.2) is 8.42 Å². The summed E-state index contributed by atoms with van der Waals surface area (Å²) >= 11 is 16.4. The third-order valence-corrected chi connectivity index (χ3v) is 10.4. The number of phenolic OH excluding ortho intramolecular Hbond substituents is 1. The van der Waals surface area contributed by atoms with Crippen LogP contribution in [0.1, 0.15) is 12.8 Å². The molecule has 0 amide bonds. The standard InChI is InChI=1S/C19H23BrCl2N2O5S2/c20-16-17(19(22)30-18(16)21)31(27,28)24-7-5-12(6-8-24)9-23-10-14(26)11-29-15-3-1-13(25)2-4-15/h1-4,12,14,23,25-26H,5-11H2/t14-/m0/s1. The first-order valence-corrected chi connectivity index (χ1v) is 13.4. The van der Waals surface area contributed by atoms with E-state index in [2.05, 4.69) is 21.2 Å². The molecule has 0 spiro atoms. The largest absolute Gasteiger partial charge is 0.508 e. The first-order valence-electron chi connectivity index (χ1n) is 9.62. The van der Waals surface area contributed by atoms with Gasteiger partial charge in [0.1, 0.15) is 37.8 Å². The highest BCUT2D eigenvalue weighted by Gasteiger charge is 2.34. The molecule has 12 heteroatoms. The highest BCUT2D eigenvalue weighted by molar-refractivity contribution is 9.10. The first kappa shape index (κ1) is 25.0. The SMILES string of the molecule is O=S(=O)(c1c(Cl)sc(Cl)c1Br)N1CCC(CNC[C@H](O)COc2ccc(O)cc2)CC1. The number of halogens is 3. The number of piperidine rings is 1. The van der Waals surface area contributed by atoms with Gasteiger partial charge in [-0.05, 0) is 65.5 Å². The Hall–Kier alpha value is -0.590. The maximum Gasteiger partial charge on any atom is 0.246 e. The minimum absolute atomic E-state index is 0.0393. The number of rotatable bonds is 9. The lowest BCUT2D eigenvalue weighted by Crippen LogP contribution is -2.42. The van der Waals surface area contributed by atoms with Gasteiger partial charge in [-0.15, -0.1) is 11.3 Å².